The molecule has 0 saturated carbocycles. The lowest BCUT2D eigenvalue weighted by molar-refractivity contribution is 0.154. The Morgan fingerprint density at radius 1 is 1.14 bits per heavy atom. The van der Waals surface area contributed by atoms with Gasteiger partial charge in [0.15, 0.2) is 0 Å². The van der Waals surface area contributed by atoms with Crippen molar-refractivity contribution in [1.29, 1.82) is 0 Å². The van der Waals surface area contributed by atoms with Crippen LogP contribution in [0.3, 0.4) is 0 Å². The molecule has 0 aromatic heterocycles. The smallest absolute Gasteiger partial charge is 0.244 e. The van der Waals surface area contributed by atoms with Gasteiger partial charge in [-0.05, 0) is 26.0 Å². The van der Waals surface area contributed by atoms with Crippen molar-refractivity contribution in [3.05, 3.63) is 22.2 Å². The van der Waals surface area contributed by atoms with Gasteiger partial charge in [-0.3, -0.25) is 4.90 Å². The number of halogens is 2. The highest BCUT2D eigenvalue weighted by Gasteiger charge is 2.31. The Balaban J connectivity index is 2.26. The van der Waals surface area contributed by atoms with E-state index in [4.69, 9.17) is 28.9 Å². The zero-order chi connectivity index (χ0) is 15.8. The molecular formula is C13H19Cl2N3O2S. The molecule has 21 heavy (non-hydrogen) atoms. The Morgan fingerprint density at radius 3 is 2.24 bits per heavy atom. The van der Waals surface area contributed by atoms with Crippen LogP contribution in [0, 0.1) is 0 Å². The number of anilines is 1. The van der Waals surface area contributed by atoms with E-state index in [1.807, 2.05) is 0 Å². The summed E-state index contributed by atoms with van der Waals surface area (Å²) < 4.78 is 26.8. The van der Waals surface area contributed by atoms with Crippen molar-refractivity contribution in [2.75, 3.05) is 31.9 Å². The van der Waals surface area contributed by atoms with Gasteiger partial charge >= 0.3 is 0 Å². The van der Waals surface area contributed by atoms with Gasteiger partial charge in [-0.2, -0.15) is 4.31 Å². The number of hydrogen-bond acceptors (Lipinski definition) is 4. The third-order valence-electron chi connectivity index (χ3n) is 3.71. The summed E-state index contributed by atoms with van der Waals surface area (Å²) >= 11 is 11.9. The van der Waals surface area contributed by atoms with Crippen molar-refractivity contribution in [2.24, 2.45) is 0 Å². The van der Waals surface area contributed by atoms with Crippen LogP contribution < -0.4 is 5.73 Å². The molecule has 2 N–H and O–H groups in total. The summed E-state index contributed by atoms with van der Waals surface area (Å²) in [4.78, 5) is 2.26. The van der Waals surface area contributed by atoms with Crippen LogP contribution in [-0.4, -0.2) is 49.8 Å². The first kappa shape index (κ1) is 16.8. The molecule has 0 spiro atoms. The second-order valence-electron chi connectivity index (χ2n) is 5.31. The number of hydrogen-bond donors (Lipinski definition) is 1. The van der Waals surface area contributed by atoms with E-state index in [1.54, 1.807) is 0 Å². The lowest BCUT2D eigenvalue weighted by Crippen LogP contribution is -2.50. The van der Waals surface area contributed by atoms with Gasteiger partial charge < -0.3 is 5.73 Å². The molecule has 1 aliphatic heterocycles. The van der Waals surface area contributed by atoms with Crippen molar-refractivity contribution < 1.29 is 8.42 Å². The monoisotopic (exact) mass is 351 g/mol. The van der Waals surface area contributed by atoms with Crippen molar-refractivity contribution >= 4 is 38.9 Å². The lowest BCUT2D eigenvalue weighted by atomic mass is 10.3. The molecule has 1 aliphatic rings. The number of nitrogens with two attached hydrogens (primary N) is 1. The SMILES string of the molecule is CC(C)N1CCN(S(=O)(=O)c2ccc(Cl)c(N)c2Cl)CC1. The van der Waals surface area contributed by atoms with Gasteiger partial charge in [0.25, 0.3) is 0 Å². The van der Waals surface area contributed by atoms with Crippen LogP contribution in [-0.2, 0) is 10.0 Å². The molecule has 0 radical (unpaired) electrons. The topological polar surface area (TPSA) is 66.6 Å². The molecule has 1 saturated heterocycles. The van der Waals surface area contributed by atoms with E-state index in [9.17, 15) is 8.42 Å². The number of rotatable bonds is 3. The molecule has 8 heteroatoms. The first-order valence-electron chi connectivity index (χ1n) is 6.73. The van der Waals surface area contributed by atoms with Gasteiger partial charge in [-0.15, -0.1) is 0 Å². The first-order valence-corrected chi connectivity index (χ1v) is 8.92. The van der Waals surface area contributed by atoms with Crippen LogP contribution in [0.25, 0.3) is 0 Å². The van der Waals surface area contributed by atoms with Gasteiger partial charge in [0.2, 0.25) is 10.0 Å². The summed E-state index contributed by atoms with van der Waals surface area (Å²) in [6.07, 6.45) is 0. The molecule has 0 amide bonds. The predicted molar refractivity (Wildman–Crippen MR) is 86.3 cm³/mol. The van der Waals surface area contributed by atoms with Gasteiger partial charge in [0.1, 0.15) is 4.90 Å². The summed E-state index contributed by atoms with van der Waals surface area (Å²) in [6.45, 7) is 6.50. The van der Waals surface area contributed by atoms with Gasteiger partial charge in [0.05, 0.1) is 15.7 Å². The van der Waals surface area contributed by atoms with E-state index >= 15 is 0 Å². The largest absolute Gasteiger partial charge is 0.396 e. The minimum Gasteiger partial charge on any atom is -0.396 e. The van der Waals surface area contributed by atoms with E-state index in [1.165, 1.54) is 16.4 Å². The second-order valence-corrected chi connectivity index (χ2v) is 8.00. The summed E-state index contributed by atoms with van der Waals surface area (Å²) in [5.74, 6) is 0. The van der Waals surface area contributed by atoms with Crippen LogP contribution in [0.2, 0.25) is 10.0 Å². The molecule has 0 bridgehead atoms. The van der Waals surface area contributed by atoms with Crippen LogP contribution in [0.1, 0.15) is 13.8 Å². The Hall–Kier alpha value is -0.530. The fourth-order valence-corrected chi connectivity index (χ4v) is 4.51. The molecule has 1 fully saturated rings. The van der Waals surface area contributed by atoms with Gasteiger partial charge in [-0.1, -0.05) is 23.2 Å². The molecule has 0 atom stereocenters. The van der Waals surface area contributed by atoms with E-state index < -0.39 is 10.0 Å². The molecule has 5 nitrogen and oxygen atoms in total. The molecule has 1 heterocycles. The predicted octanol–water partition coefficient (Wildman–Crippen LogP) is 2.29. The van der Waals surface area contributed by atoms with E-state index in [0.29, 0.717) is 32.2 Å². The lowest BCUT2D eigenvalue weighted by Gasteiger charge is -2.36. The van der Waals surface area contributed by atoms with E-state index in [2.05, 4.69) is 18.7 Å². The maximum absolute atomic E-state index is 12.7. The van der Waals surface area contributed by atoms with Gasteiger partial charge in [0, 0.05) is 32.2 Å². The third kappa shape index (κ3) is 3.29. The molecule has 118 valence electrons. The van der Waals surface area contributed by atoms with Crippen LogP contribution >= 0.6 is 23.2 Å². The second kappa shape index (κ2) is 6.30. The molecule has 2 rings (SSSR count). The normalized spacial score (nSPS) is 18.3. The summed E-state index contributed by atoms with van der Waals surface area (Å²) in [6, 6.07) is 3.27. The molecule has 0 unspecified atom stereocenters. The zero-order valence-corrected chi connectivity index (χ0v) is 14.3. The highest BCUT2D eigenvalue weighted by molar-refractivity contribution is 7.89. The number of benzene rings is 1. The van der Waals surface area contributed by atoms with Crippen molar-refractivity contribution in [3.8, 4) is 0 Å². The Bertz CT molecular complexity index is 627. The maximum atomic E-state index is 12.7. The Morgan fingerprint density at radius 2 is 1.71 bits per heavy atom. The molecule has 1 aromatic carbocycles. The highest BCUT2D eigenvalue weighted by Crippen LogP contribution is 2.34. The quantitative estimate of drug-likeness (QED) is 0.848. The first-order chi connectivity index (χ1) is 9.75. The summed E-state index contributed by atoms with van der Waals surface area (Å²) in [5.41, 5.74) is 5.81. The number of nitrogen functional groups attached to an aromatic ring is 1. The summed E-state index contributed by atoms with van der Waals surface area (Å²) in [5, 5.41) is 0.248. The average molecular weight is 352 g/mol. The minimum absolute atomic E-state index is 0.00575. The van der Waals surface area contributed by atoms with Gasteiger partial charge in [-0.25, -0.2) is 8.42 Å². The maximum Gasteiger partial charge on any atom is 0.244 e. The molecular weight excluding hydrogens is 333 g/mol. The molecule has 1 aromatic rings. The van der Waals surface area contributed by atoms with Crippen molar-refractivity contribution in [3.63, 3.8) is 0 Å². The Labute approximate surface area is 135 Å². The minimum atomic E-state index is -3.65. The number of sulfonamides is 1. The van der Waals surface area contributed by atoms with Crippen molar-refractivity contribution in [1.82, 2.24) is 9.21 Å². The summed E-state index contributed by atoms with van der Waals surface area (Å²) in [7, 11) is -3.65. The number of nitrogens with zero attached hydrogens (tertiary/aromatic N) is 2. The average Bonchev–Trinajstić information content (AvgIpc) is 2.44. The molecule has 0 aliphatic carbocycles. The third-order valence-corrected chi connectivity index (χ3v) is 6.50. The fraction of sp³-hybridized carbons (Fsp3) is 0.538. The van der Waals surface area contributed by atoms with Crippen LogP contribution in [0.4, 0.5) is 5.69 Å². The highest BCUT2D eigenvalue weighted by atomic mass is 35.5. The number of piperazine rings is 1. The van der Waals surface area contributed by atoms with E-state index in [0.717, 1.165) is 0 Å². The fourth-order valence-electron chi connectivity index (χ4n) is 2.35. The van der Waals surface area contributed by atoms with Crippen LogP contribution in [0.5, 0.6) is 0 Å². The zero-order valence-electron chi connectivity index (χ0n) is 12.0. The van der Waals surface area contributed by atoms with E-state index in [-0.39, 0.29) is 20.6 Å². The Kier molecular flexibility index (Phi) is 5.05. The van der Waals surface area contributed by atoms with Crippen molar-refractivity contribution in [2.45, 2.75) is 24.8 Å². The van der Waals surface area contributed by atoms with Crippen LogP contribution in [0.15, 0.2) is 17.0 Å². The standard InChI is InChI=1S/C13H19Cl2N3O2S/c1-9(2)17-5-7-18(8-6-17)21(19,20)11-4-3-10(14)13(16)12(11)15/h3-4,9H,5-8,16H2,1-2H3.